The molecule has 0 aliphatic rings. The van der Waals surface area contributed by atoms with E-state index < -0.39 is 11.9 Å². The molecule has 0 radical (unpaired) electrons. The largest absolute Gasteiger partial charge is 0.477 e. The monoisotopic (exact) mass is 291 g/mol. The van der Waals surface area contributed by atoms with Gasteiger partial charge in [-0.2, -0.15) is 0 Å². The molecule has 2 aromatic rings. The first-order valence-corrected chi connectivity index (χ1v) is 5.99. The number of aromatic carboxylic acids is 1. The van der Waals surface area contributed by atoms with Gasteiger partial charge < -0.3 is 10.4 Å². The van der Waals surface area contributed by atoms with Crippen LogP contribution in [0.2, 0.25) is 5.15 Å². The first-order valence-electron chi connectivity index (χ1n) is 5.61. The number of pyridine rings is 2. The van der Waals surface area contributed by atoms with Crippen LogP contribution in [-0.4, -0.2) is 27.0 Å². The molecular weight excluding hydrogens is 282 g/mol. The summed E-state index contributed by atoms with van der Waals surface area (Å²) in [6.45, 7) is 1.71. The fourth-order valence-electron chi connectivity index (χ4n) is 1.57. The van der Waals surface area contributed by atoms with Crippen molar-refractivity contribution < 1.29 is 14.7 Å². The molecule has 0 atom stereocenters. The molecule has 0 spiro atoms. The van der Waals surface area contributed by atoms with Crippen LogP contribution >= 0.6 is 11.6 Å². The molecule has 0 aromatic carbocycles. The van der Waals surface area contributed by atoms with Gasteiger partial charge in [0.15, 0.2) is 5.69 Å². The summed E-state index contributed by atoms with van der Waals surface area (Å²) in [6.07, 6.45) is 0. The predicted octanol–water partition coefficient (Wildman–Crippen LogP) is 2.39. The van der Waals surface area contributed by atoms with E-state index in [-0.39, 0.29) is 16.7 Å². The summed E-state index contributed by atoms with van der Waals surface area (Å²) < 4.78 is 0. The van der Waals surface area contributed by atoms with Crippen molar-refractivity contribution in [2.24, 2.45) is 0 Å². The summed E-state index contributed by atoms with van der Waals surface area (Å²) >= 11 is 5.78. The van der Waals surface area contributed by atoms with Crippen LogP contribution in [0.5, 0.6) is 0 Å². The van der Waals surface area contributed by atoms with E-state index in [1.54, 1.807) is 13.0 Å². The number of rotatable bonds is 3. The van der Waals surface area contributed by atoms with E-state index >= 15 is 0 Å². The van der Waals surface area contributed by atoms with Crippen molar-refractivity contribution in [2.45, 2.75) is 6.92 Å². The predicted molar refractivity (Wildman–Crippen MR) is 73.1 cm³/mol. The first-order chi connectivity index (χ1) is 9.45. The maximum Gasteiger partial charge on any atom is 0.354 e. The van der Waals surface area contributed by atoms with Gasteiger partial charge >= 0.3 is 5.97 Å². The van der Waals surface area contributed by atoms with Crippen LogP contribution in [0.25, 0.3) is 0 Å². The molecule has 7 heteroatoms. The van der Waals surface area contributed by atoms with Gasteiger partial charge in [-0.3, -0.25) is 4.79 Å². The summed E-state index contributed by atoms with van der Waals surface area (Å²) in [7, 11) is 0. The molecule has 2 aromatic heterocycles. The Labute approximate surface area is 119 Å². The number of carbonyl (C=O) groups excluding carboxylic acids is 1. The maximum absolute atomic E-state index is 12.0. The van der Waals surface area contributed by atoms with Gasteiger partial charge in [0.25, 0.3) is 5.91 Å². The smallest absolute Gasteiger partial charge is 0.354 e. The van der Waals surface area contributed by atoms with Crippen molar-refractivity contribution in [3.63, 3.8) is 0 Å². The van der Waals surface area contributed by atoms with E-state index in [9.17, 15) is 9.59 Å². The molecule has 1 amide bonds. The minimum atomic E-state index is -1.16. The van der Waals surface area contributed by atoms with E-state index in [2.05, 4.69) is 15.3 Å². The molecule has 0 aliphatic heterocycles. The lowest BCUT2D eigenvalue weighted by molar-refractivity contribution is 0.0690. The fourth-order valence-corrected chi connectivity index (χ4v) is 1.82. The Morgan fingerprint density at radius 2 is 2.00 bits per heavy atom. The molecule has 0 unspecified atom stereocenters. The molecule has 6 nitrogen and oxygen atoms in total. The Morgan fingerprint density at radius 3 is 2.65 bits per heavy atom. The third kappa shape index (κ3) is 3.30. The number of halogens is 1. The number of carboxylic acid groups (broad SMARTS) is 1. The third-order valence-electron chi connectivity index (χ3n) is 2.39. The van der Waals surface area contributed by atoms with Gasteiger partial charge in [-0.15, -0.1) is 0 Å². The van der Waals surface area contributed by atoms with Gasteiger partial charge in [0.2, 0.25) is 0 Å². The van der Waals surface area contributed by atoms with Gasteiger partial charge in [-0.25, -0.2) is 14.8 Å². The Balaban J connectivity index is 2.23. The Hall–Kier alpha value is -2.47. The summed E-state index contributed by atoms with van der Waals surface area (Å²) in [6, 6.07) is 7.33. The van der Waals surface area contributed by atoms with E-state index in [0.29, 0.717) is 11.3 Å². The average Bonchev–Trinajstić information content (AvgIpc) is 2.37. The highest BCUT2D eigenvalue weighted by molar-refractivity contribution is 6.29. The molecule has 102 valence electrons. The van der Waals surface area contributed by atoms with Crippen molar-refractivity contribution in [1.29, 1.82) is 0 Å². The number of nitrogens with zero attached hydrogens (tertiary/aromatic N) is 2. The third-order valence-corrected chi connectivity index (χ3v) is 2.59. The SMILES string of the molecule is Cc1cc(C(=O)Nc2cccc(C(=O)O)n2)cc(Cl)n1. The highest BCUT2D eigenvalue weighted by atomic mass is 35.5. The number of carbonyl (C=O) groups is 2. The van der Waals surface area contributed by atoms with Gasteiger partial charge in [0, 0.05) is 11.3 Å². The van der Waals surface area contributed by atoms with Crippen LogP contribution < -0.4 is 5.32 Å². The number of hydrogen-bond donors (Lipinski definition) is 2. The summed E-state index contributed by atoms with van der Waals surface area (Å²) in [5.74, 6) is -1.45. The molecule has 0 saturated carbocycles. The molecule has 2 rings (SSSR count). The second-order valence-electron chi connectivity index (χ2n) is 3.99. The van der Waals surface area contributed by atoms with Crippen molar-refractivity contribution in [1.82, 2.24) is 9.97 Å². The molecule has 2 heterocycles. The van der Waals surface area contributed by atoms with Crippen LogP contribution in [-0.2, 0) is 0 Å². The number of aromatic nitrogens is 2. The summed E-state index contributed by atoms with van der Waals surface area (Å²) in [5.41, 5.74) is 0.784. The highest BCUT2D eigenvalue weighted by Crippen LogP contribution is 2.13. The lowest BCUT2D eigenvalue weighted by Gasteiger charge is -2.06. The number of hydrogen-bond acceptors (Lipinski definition) is 4. The van der Waals surface area contributed by atoms with Crippen LogP contribution in [0.1, 0.15) is 26.5 Å². The van der Waals surface area contributed by atoms with E-state index in [1.165, 1.54) is 24.3 Å². The highest BCUT2D eigenvalue weighted by Gasteiger charge is 2.11. The van der Waals surface area contributed by atoms with Crippen molar-refractivity contribution in [2.75, 3.05) is 5.32 Å². The van der Waals surface area contributed by atoms with Gasteiger partial charge in [-0.05, 0) is 31.2 Å². The lowest BCUT2D eigenvalue weighted by Crippen LogP contribution is -2.14. The molecule has 0 fully saturated rings. The van der Waals surface area contributed by atoms with Crippen LogP contribution in [0.15, 0.2) is 30.3 Å². The topological polar surface area (TPSA) is 92.2 Å². The second kappa shape index (κ2) is 5.66. The quantitative estimate of drug-likeness (QED) is 0.847. The Bertz CT molecular complexity index is 668. The molecule has 0 aliphatic carbocycles. The molecular formula is C13H10ClN3O3. The number of aryl methyl sites for hydroxylation is 1. The van der Waals surface area contributed by atoms with Crippen molar-refractivity contribution >= 4 is 29.3 Å². The van der Waals surface area contributed by atoms with Crippen LogP contribution in [0.3, 0.4) is 0 Å². The maximum atomic E-state index is 12.0. The van der Waals surface area contributed by atoms with Crippen molar-refractivity contribution in [3.05, 3.63) is 52.4 Å². The fraction of sp³-hybridized carbons (Fsp3) is 0.0769. The molecule has 0 bridgehead atoms. The van der Waals surface area contributed by atoms with Gasteiger partial charge in [0.1, 0.15) is 11.0 Å². The first kappa shape index (κ1) is 14.0. The zero-order valence-electron chi connectivity index (χ0n) is 10.4. The minimum Gasteiger partial charge on any atom is -0.477 e. The Morgan fingerprint density at radius 1 is 1.25 bits per heavy atom. The van der Waals surface area contributed by atoms with E-state index in [0.717, 1.165) is 0 Å². The van der Waals surface area contributed by atoms with Crippen molar-refractivity contribution in [3.8, 4) is 0 Å². The zero-order chi connectivity index (χ0) is 14.7. The zero-order valence-corrected chi connectivity index (χ0v) is 11.2. The number of anilines is 1. The minimum absolute atomic E-state index is 0.147. The van der Waals surface area contributed by atoms with Crippen LogP contribution in [0, 0.1) is 6.92 Å². The normalized spacial score (nSPS) is 10.1. The molecule has 0 saturated heterocycles. The van der Waals surface area contributed by atoms with Gasteiger partial charge in [0.05, 0.1) is 0 Å². The number of nitrogens with one attached hydrogen (secondary N) is 1. The Kier molecular flexibility index (Phi) is 3.95. The van der Waals surface area contributed by atoms with Crippen LogP contribution in [0.4, 0.5) is 5.82 Å². The average molecular weight is 292 g/mol. The number of carboxylic acids is 1. The van der Waals surface area contributed by atoms with E-state index in [1.807, 2.05) is 0 Å². The molecule has 2 N–H and O–H groups in total. The second-order valence-corrected chi connectivity index (χ2v) is 4.37. The summed E-state index contributed by atoms with van der Waals surface area (Å²) in [4.78, 5) is 30.6. The lowest BCUT2D eigenvalue weighted by atomic mass is 10.2. The standard InChI is InChI=1S/C13H10ClN3O3/c1-7-5-8(6-10(14)15-7)12(18)17-11-4-2-3-9(16-11)13(19)20/h2-6H,1H3,(H,19,20)(H,16,17,18). The summed E-state index contributed by atoms with van der Waals surface area (Å²) in [5, 5.41) is 11.6. The number of amides is 1. The molecule has 20 heavy (non-hydrogen) atoms. The van der Waals surface area contributed by atoms with E-state index in [4.69, 9.17) is 16.7 Å². The van der Waals surface area contributed by atoms with Gasteiger partial charge in [-0.1, -0.05) is 17.7 Å².